The number of rotatable bonds is 5. The van der Waals surface area contributed by atoms with E-state index in [0.717, 1.165) is 18.8 Å². The molecule has 0 bridgehead atoms. The van der Waals surface area contributed by atoms with Crippen molar-refractivity contribution in [2.45, 2.75) is 20.4 Å². The van der Waals surface area contributed by atoms with Gasteiger partial charge in [0.05, 0.1) is 10.6 Å². The highest BCUT2D eigenvalue weighted by molar-refractivity contribution is 7.18. The summed E-state index contributed by atoms with van der Waals surface area (Å²) in [5.41, 5.74) is 8.06. The summed E-state index contributed by atoms with van der Waals surface area (Å²) in [6.07, 6.45) is 0. The summed E-state index contributed by atoms with van der Waals surface area (Å²) >= 11 is 1.55. The first-order chi connectivity index (χ1) is 8.66. The molecule has 18 heavy (non-hydrogen) atoms. The van der Waals surface area contributed by atoms with Crippen molar-refractivity contribution in [3.8, 4) is 10.4 Å². The van der Waals surface area contributed by atoms with E-state index in [4.69, 9.17) is 5.73 Å². The second kappa shape index (κ2) is 5.98. The Kier molecular flexibility index (Phi) is 4.33. The predicted molar refractivity (Wildman–Crippen MR) is 78.5 cm³/mol. The Bertz CT molecular complexity index is 491. The van der Waals surface area contributed by atoms with E-state index in [1.54, 1.807) is 11.3 Å². The number of nitrogens with two attached hydrogens (primary N) is 1. The molecule has 3 nitrogen and oxygen atoms in total. The molecule has 3 N–H and O–H groups in total. The van der Waals surface area contributed by atoms with Crippen molar-refractivity contribution in [1.29, 1.82) is 0 Å². The van der Waals surface area contributed by atoms with Crippen LogP contribution in [-0.4, -0.2) is 11.5 Å². The molecule has 0 aliphatic heterocycles. The van der Waals surface area contributed by atoms with Crippen molar-refractivity contribution in [3.05, 3.63) is 36.0 Å². The van der Waals surface area contributed by atoms with Gasteiger partial charge in [-0.15, -0.1) is 0 Å². The average Bonchev–Trinajstić information content (AvgIpc) is 2.71. The van der Waals surface area contributed by atoms with Gasteiger partial charge in [0.15, 0.2) is 5.13 Å². The van der Waals surface area contributed by atoms with Crippen molar-refractivity contribution in [3.63, 3.8) is 0 Å². The Morgan fingerprint density at radius 1 is 1.28 bits per heavy atom. The lowest BCUT2D eigenvalue weighted by atomic mass is 10.1. The van der Waals surface area contributed by atoms with Crippen LogP contribution >= 0.6 is 11.3 Å². The van der Waals surface area contributed by atoms with E-state index < -0.39 is 0 Å². The molecule has 0 fully saturated rings. The largest absolute Gasteiger partial charge is 0.375 e. The van der Waals surface area contributed by atoms with Gasteiger partial charge in [-0.3, -0.25) is 0 Å². The minimum absolute atomic E-state index is 0.634. The van der Waals surface area contributed by atoms with Gasteiger partial charge >= 0.3 is 0 Å². The maximum absolute atomic E-state index is 5.83. The van der Waals surface area contributed by atoms with E-state index in [-0.39, 0.29) is 0 Å². The second-order valence-corrected chi connectivity index (χ2v) is 5.75. The normalized spacial score (nSPS) is 11.1. The minimum atomic E-state index is 0.634. The van der Waals surface area contributed by atoms with E-state index in [9.17, 15) is 0 Å². The summed E-state index contributed by atoms with van der Waals surface area (Å²) in [5, 5.41) is 4.05. The van der Waals surface area contributed by atoms with Crippen LogP contribution < -0.4 is 11.1 Å². The third-order valence-corrected chi connectivity index (χ3v) is 3.57. The number of nitrogen functional groups attached to an aromatic ring is 1. The molecule has 4 heteroatoms. The molecule has 0 radical (unpaired) electrons. The highest BCUT2D eigenvalue weighted by Crippen LogP contribution is 2.31. The van der Waals surface area contributed by atoms with E-state index in [1.807, 2.05) is 18.2 Å². The molecule has 0 amide bonds. The molecule has 0 saturated carbocycles. The van der Waals surface area contributed by atoms with Crippen LogP contribution in [0.15, 0.2) is 30.3 Å². The molecule has 0 unspecified atom stereocenters. The Labute approximate surface area is 112 Å². The van der Waals surface area contributed by atoms with Crippen LogP contribution in [0.2, 0.25) is 0 Å². The van der Waals surface area contributed by atoms with Crippen LogP contribution in [0.1, 0.15) is 19.5 Å². The van der Waals surface area contributed by atoms with Crippen molar-refractivity contribution in [2.24, 2.45) is 5.92 Å². The molecule has 1 heterocycles. The Morgan fingerprint density at radius 2 is 2.00 bits per heavy atom. The zero-order valence-electron chi connectivity index (χ0n) is 10.8. The first kappa shape index (κ1) is 13.1. The SMILES string of the molecule is CC(C)CNCc1nc(N)sc1-c1ccccc1. The lowest BCUT2D eigenvalue weighted by Crippen LogP contribution is -2.19. The monoisotopic (exact) mass is 261 g/mol. The molecule has 0 saturated heterocycles. The molecule has 2 aromatic rings. The van der Waals surface area contributed by atoms with Crippen LogP contribution in [0.25, 0.3) is 10.4 Å². The van der Waals surface area contributed by atoms with Crippen molar-refractivity contribution in [1.82, 2.24) is 10.3 Å². The molecule has 96 valence electrons. The lowest BCUT2D eigenvalue weighted by Gasteiger charge is -2.07. The standard InChI is InChI=1S/C14H19N3S/c1-10(2)8-16-9-12-13(18-14(15)17-12)11-6-4-3-5-7-11/h3-7,10,16H,8-9H2,1-2H3,(H2,15,17). The minimum Gasteiger partial charge on any atom is -0.375 e. The van der Waals surface area contributed by atoms with Crippen molar-refractivity contribution < 1.29 is 0 Å². The average molecular weight is 261 g/mol. The van der Waals surface area contributed by atoms with Crippen LogP contribution in [0, 0.1) is 5.92 Å². The predicted octanol–water partition coefficient (Wildman–Crippen LogP) is 3.14. The van der Waals surface area contributed by atoms with Gasteiger partial charge in [-0.1, -0.05) is 55.5 Å². The van der Waals surface area contributed by atoms with Gasteiger partial charge in [-0.05, 0) is 18.0 Å². The van der Waals surface area contributed by atoms with Crippen molar-refractivity contribution >= 4 is 16.5 Å². The van der Waals surface area contributed by atoms with E-state index in [2.05, 4.69) is 36.3 Å². The molecule has 0 aliphatic rings. The zero-order valence-corrected chi connectivity index (χ0v) is 11.6. The molecule has 2 rings (SSSR count). The summed E-state index contributed by atoms with van der Waals surface area (Å²) < 4.78 is 0. The van der Waals surface area contributed by atoms with Gasteiger partial charge in [0.2, 0.25) is 0 Å². The third-order valence-electron chi connectivity index (χ3n) is 2.59. The summed E-state index contributed by atoms with van der Waals surface area (Å²) in [6.45, 7) is 6.16. The van der Waals surface area contributed by atoms with Gasteiger partial charge in [0, 0.05) is 6.54 Å². The molecular formula is C14H19N3S. The first-order valence-corrected chi connectivity index (χ1v) is 6.99. The van der Waals surface area contributed by atoms with Gasteiger partial charge < -0.3 is 11.1 Å². The number of aromatic nitrogens is 1. The fourth-order valence-electron chi connectivity index (χ4n) is 1.78. The summed E-state index contributed by atoms with van der Waals surface area (Å²) in [6, 6.07) is 10.3. The fraction of sp³-hybridized carbons (Fsp3) is 0.357. The summed E-state index contributed by atoms with van der Waals surface area (Å²) in [5.74, 6) is 0.640. The van der Waals surface area contributed by atoms with Gasteiger partial charge in [0.1, 0.15) is 0 Å². The third kappa shape index (κ3) is 3.31. The number of thiazole rings is 1. The molecule has 0 aliphatic carbocycles. The zero-order chi connectivity index (χ0) is 13.0. The maximum Gasteiger partial charge on any atom is 0.180 e. The Morgan fingerprint density at radius 3 is 2.67 bits per heavy atom. The first-order valence-electron chi connectivity index (χ1n) is 6.18. The fourth-order valence-corrected chi connectivity index (χ4v) is 2.64. The number of nitrogens with zero attached hydrogens (tertiary/aromatic N) is 1. The van der Waals surface area contributed by atoms with Crippen LogP contribution in [-0.2, 0) is 6.54 Å². The lowest BCUT2D eigenvalue weighted by molar-refractivity contribution is 0.549. The number of nitrogens with one attached hydrogen (secondary N) is 1. The van der Waals surface area contributed by atoms with E-state index in [1.165, 1.54) is 10.4 Å². The molecule has 0 atom stereocenters. The number of benzene rings is 1. The quantitative estimate of drug-likeness (QED) is 0.869. The molecule has 1 aromatic carbocycles. The van der Waals surface area contributed by atoms with Gasteiger partial charge in [-0.25, -0.2) is 4.98 Å². The Hall–Kier alpha value is -1.39. The number of hydrogen-bond donors (Lipinski definition) is 2. The number of hydrogen-bond acceptors (Lipinski definition) is 4. The van der Waals surface area contributed by atoms with Crippen LogP contribution in [0.4, 0.5) is 5.13 Å². The Balaban J connectivity index is 2.16. The molecule has 0 spiro atoms. The second-order valence-electron chi connectivity index (χ2n) is 4.72. The maximum atomic E-state index is 5.83. The highest BCUT2D eigenvalue weighted by atomic mass is 32.1. The van der Waals surface area contributed by atoms with Crippen molar-refractivity contribution in [2.75, 3.05) is 12.3 Å². The number of anilines is 1. The van der Waals surface area contributed by atoms with Gasteiger partial charge in [-0.2, -0.15) is 0 Å². The smallest absolute Gasteiger partial charge is 0.180 e. The summed E-state index contributed by atoms with van der Waals surface area (Å²) in [7, 11) is 0. The van der Waals surface area contributed by atoms with Crippen LogP contribution in [0.5, 0.6) is 0 Å². The van der Waals surface area contributed by atoms with E-state index >= 15 is 0 Å². The summed E-state index contributed by atoms with van der Waals surface area (Å²) in [4.78, 5) is 5.59. The topological polar surface area (TPSA) is 50.9 Å². The van der Waals surface area contributed by atoms with E-state index in [0.29, 0.717) is 11.0 Å². The highest BCUT2D eigenvalue weighted by Gasteiger charge is 2.11. The van der Waals surface area contributed by atoms with Crippen LogP contribution in [0.3, 0.4) is 0 Å². The van der Waals surface area contributed by atoms with Gasteiger partial charge in [0.25, 0.3) is 0 Å². The molecular weight excluding hydrogens is 242 g/mol. The molecule has 1 aromatic heterocycles.